The molecule has 0 saturated carbocycles. The van der Waals surface area contributed by atoms with E-state index in [1.165, 1.54) is 52.3 Å². The molecule has 2 saturated heterocycles. The summed E-state index contributed by atoms with van der Waals surface area (Å²) >= 11 is 3.80. The molecule has 0 bridgehead atoms. The van der Waals surface area contributed by atoms with Gasteiger partial charge in [0.25, 0.3) is 0 Å². The summed E-state index contributed by atoms with van der Waals surface area (Å²) in [6.07, 6.45) is 9.12. The van der Waals surface area contributed by atoms with E-state index in [0.717, 1.165) is 88.6 Å². The molecule has 0 N–H and O–H groups in total. The first kappa shape index (κ1) is 46.6. The quantitative estimate of drug-likeness (QED) is 0.0878. The standard InChI is InChI=1S/C33H34BrO3.C6H12.C5H9O.2U/c1-33(23-36-24-33)22-35-18-6-2-3-7-19-37-30-15-12-26(13-16-30)31-17-14-29(21-32(31)34)28-11-10-25-8-4-5-9-27(25)20-28;1-3-5-6-4-2;1-5(2)3-6-4-5;;/h5,8-17,20-21H,2-3,6-7,18-19,22-24H2,1H3;1-6H2;1,3-4H2,2H3;;/q-1;-2;-1;2*+2. The van der Waals surface area contributed by atoms with Crippen LogP contribution in [-0.2, 0) is 14.2 Å². The molecule has 0 aliphatic carbocycles. The van der Waals surface area contributed by atoms with Gasteiger partial charge in [-0.25, -0.2) is 0 Å². The zero-order chi connectivity index (χ0) is 35.0. The Labute approximate surface area is 364 Å². The average molecular weight is 1200 g/mol. The molecule has 2 aliphatic rings. The number of ether oxygens (including phenoxy) is 4. The summed E-state index contributed by atoms with van der Waals surface area (Å²) in [6, 6.07) is 30.8. The van der Waals surface area contributed by atoms with Gasteiger partial charge in [0.2, 0.25) is 0 Å². The van der Waals surface area contributed by atoms with Crippen LogP contribution in [0.25, 0.3) is 33.0 Å². The van der Waals surface area contributed by atoms with Crippen LogP contribution in [0.2, 0.25) is 0 Å². The third-order valence-corrected chi connectivity index (χ3v) is 9.26. The first-order chi connectivity index (χ1) is 23.7. The second-order valence-electron chi connectivity index (χ2n) is 14.0. The molecule has 4 aromatic rings. The predicted molar refractivity (Wildman–Crippen MR) is 209 cm³/mol. The minimum Gasteiger partial charge on any atom is -0.494 e. The Balaban J connectivity index is 0.000000550. The molecule has 6 rings (SSSR count). The molecule has 0 atom stereocenters. The zero-order valence-corrected chi connectivity index (χ0v) is 40.7. The van der Waals surface area contributed by atoms with Gasteiger partial charge in [-0.3, -0.25) is 0 Å². The van der Waals surface area contributed by atoms with E-state index in [2.05, 4.69) is 123 Å². The van der Waals surface area contributed by atoms with Gasteiger partial charge in [0.1, 0.15) is 5.75 Å². The SMILES string of the molecule is CC1(COCCCCCCOc2ccc(-c3ccc(-c4ccc5c[c-]ccc5c4)cc3Br)cc2)COC1.[CH2-]C1(C)COC1.[CH2-]CCCC[CH2-].[U+2].[U+2]. The molecular formula is C44H55BrO4U2. The summed E-state index contributed by atoms with van der Waals surface area (Å²) in [7, 11) is 0. The fourth-order valence-electron chi connectivity index (χ4n) is 5.47. The summed E-state index contributed by atoms with van der Waals surface area (Å²) < 4.78 is 23.0. The van der Waals surface area contributed by atoms with Crippen molar-refractivity contribution in [2.24, 2.45) is 10.8 Å². The first-order valence-corrected chi connectivity index (χ1v) is 18.6. The van der Waals surface area contributed by atoms with Crippen LogP contribution in [0.1, 0.15) is 65.2 Å². The van der Waals surface area contributed by atoms with Crippen LogP contribution < -0.4 is 4.74 Å². The zero-order valence-electron chi connectivity index (χ0n) is 30.7. The Hall–Kier alpha value is -0.596. The van der Waals surface area contributed by atoms with Gasteiger partial charge >= 0.3 is 62.2 Å². The van der Waals surface area contributed by atoms with Crippen LogP contribution in [0.3, 0.4) is 0 Å². The third-order valence-electron chi connectivity index (χ3n) is 8.61. The van der Waals surface area contributed by atoms with Crippen molar-refractivity contribution in [1.29, 1.82) is 0 Å². The molecule has 7 heteroatoms. The van der Waals surface area contributed by atoms with Gasteiger partial charge in [-0.2, -0.15) is 37.1 Å². The van der Waals surface area contributed by atoms with Crippen molar-refractivity contribution < 1.29 is 81.2 Å². The van der Waals surface area contributed by atoms with Gasteiger partial charge in [0, 0.05) is 29.7 Å². The van der Waals surface area contributed by atoms with Gasteiger partial charge in [-0.15, -0.1) is 22.3 Å². The largest absolute Gasteiger partial charge is 2.00 e. The molecule has 51 heavy (non-hydrogen) atoms. The normalized spacial score (nSPS) is 14.9. The Morgan fingerprint density at radius 3 is 1.86 bits per heavy atom. The van der Waals surface area contributed by atoms with Gasteiger partial charge in [0.15, 0.2) is 0 Å². The van der Waals surface area contributed by atoms with Crippen molar-refractivity contribution in [3.8, 4) is 28.0 Å². The second-order valence-corrected chi connectivity index (χ2v) is 14.9. The number of halogens is 1. The first-order valence-electron chi connectivity index (χ1n) is 17.8. The number of benzene rings is 4. The van der Waals surface area contributed by atoms with Crippen molar-refractivity contribution in [3.05, 3.63) is 110 Å². The maximum atomic E-state index is 5.97. The van der Waals surface area contributed by atoms with Crippen LogP contribution in [0.5, 0.6) is 5.75 Å². The number of hydrogen-bond donors (Lipinski definition) is 0. The number of hydrogen-bond acceptors (Lipinski definition) is 4. The predicted octanol–water partition coefficient (Wildman–Crippen LogP) is 11.8. The van der Waals surface area contributed by atoms with E-state index in [1.807, 2.05) is 12.1 Å². The molecule has 4 aromatic carbocycles. The van der Waals surface area contributed by atoms with Crippen molar-refractivity contribution in [2.75, 3.05) is 46.2 Å². The van der Waals surface area contributed by atoms with Crippen molar-refractivity contribution in [1.82, 2.24) is 0 Å². The Morgan fingerprint density at radius 2 is 1.29 bits per heavy atom. The van der Waals surface area contributed by atoms with Crippen molar-refractivity contribution >= 4 is 26.7 Å². The van der Waals surface area contributed by atoms with Crippen LogP contribution in [0.4, 0.5) is 0 Å². The van der Waals surface area contributed by atoms with Gasteiger partial charge in [-0.1, -0.05) is 85.4 Å². The fraction of sp³-hybridized carbons (Fsp3) is 0.432. The molecule has 0 aromatic heterocycles. The maximum absolute atomic E-state index is 5.97. The number of fused-ring (bicyclic) bond motifs is 1. The van der Waals surface area contributed by atoms with Crippen LogP contribution in [0.15, 0.2) is 83.3 Å². The van der Waals surface area contributed by atoms with Gasteiger partial charge < -0.3 is 39.7 Å². The molecule has 0 amide bonds. The van der Waals surface area contributed by atoms with E-state index in [-0.39, 0.29) is 73.1 Å². The second kappa shape index (κ2) is 24.7. The summed E-state index contributed by atoms with van der Waals surface area (Å²) in [5.41, 5.74) is 5.24. The van der Waals surface area contributed by atoms with Crippen molar-refractivity contribution in [2.45, 2.75) is 65.2 Å². The van der Waals surface area contributed by atoms with Crippen LogP contribution in [0, 0.1) is 99.9 Å². The molecule has 0 radical (unpaired) electrons. The topological polar surface area (TPSA) is 36.9 Å². The van der Waals surface area contributed by atoms with Gasteiger partial charge in [0.05, 0.1) is 26.4 Å². The molecular weight excluding hydrogens is 1150 g/mol. The molecule has 0 unspecified atom stereocenters. The summed E-state index contributed by atoms with van der Waals surface area (Å²) in [4.78, 5) is 0. The molecule has 4 nitrogen and oxygen atoms in total. The molecule has 2 fully saturated rings. The monoisotopic (exact) mass is 1200 g/mol. The average Bonchev–Trinajstić information content (AvgIpc) is 3.09. The molecule has 2 heterocycles. The van der Waals surface area contributed by atoms with E-state index >= 15 is 0 Å². The van der Waals surface area contributed by atoms with E-state index in [4.69, 9.17) is 18.9 Å². The Kier molecular flexibility index (Phi) is 22.6. The summed E-state index contributed by atoms with van der Waals surface area (Å²) in [6.45, 7) is 21.3. The smallest absolute Gasteiger partial charge is 0.494 e. The van der Waals surface area contributed by atoms with E-state index < -0.39 is 0 Å². The van der Waals surface area contributed by atoms with E-state index in [9.17, 15) is 0 Å². The number of rotatable bonds is 15. The van der Waals surface area contributed by atoms with E-state index in [0.29, 0.717) is 0 Å². The minimum atomic E-state index is 0. The minimum absolute atomic E-state index is 0. The summed E-state index contributed by atoms with van der Waals surface area (Å²) in [5.74, 6) is 0.921. The van der Waals surface area contributed by atoms with Crippen LogP contribution in [-0.4, -0.2) is 46.2 Å². The fourth-order valence-corrected chi connectivity index (χ4v) is 6.08. The molecule has 270 valence electrons. The van der Waals surface area contributed by atoms with Gasteiger partial charge in [-0.05, 0) is 59.7 Å². The summed E-state index contributed by atoms with van der Waals surface area (Å²) in [5, 5.41) is 2.43. The maximum Gasteiger partial charge on any atom is 2.00 e. The van der Waals surface area contributed by atoms with E-state index in [1.54, 1.807) is 0 Å². The Morgan fingerprint density at radius 1 is 0.706 bits per heavy atom. The number of unbranched alkanes of at least 4 members (excludes halogenated alkanes) is 6. The molecule has 0 spiro atoms. The Bertz CT molecular complexity index is 1530. The van der Waals surface area contributed by atoms with Crippen LogP contribution >= 0.6 is 15.9 Å². The molecule has 2 aliphatic heterocycles. The third kappa shape index (κ3) is 16.3. The van der Waals surface area contributed by atoms with Crippen molar-refractivity contribution in [3.63, 3.8) is 0 Å².